The first-order valence-electron chi connectivity index (χ1n) is 17.5. The molecule has 0 radical (unpaired) electrons. The van der Waals surface area contributed by atoms with E-state index in [1.165, 1.54) is 28.1 Å². The minimum absolute atomic E-state index is 0.872. The maximum absolute atomic E-state index is 6.53. The standard InChI is InChI=1S/C47H42N3O/c1-31-25-26-43(48(4)30-31)40-29-42-39-21-11-12-24-46(39)51-47(42)28-34(40)27-41(35-17-7-9-19-37(35)44-22-13-15-32(2)49(44)5)36-18-8-10-20-38(36)45-23-14-16-33(3)50(45)6/h7-30H,1-6H3/q+3. The fraction of sp³-hybridized carbons (Fsp3) is 0.128. The Morgan fingerprint density at radius 1 is 0.510 bits per heavy atom. The van der Waals surface area contributed by atoms with E-state index < -0.39 is 0 Å². The summed E-state index contributed by atoms with van der Waals surface area (Å²) in [6, 6.07) is 48.0. The Hall–Kier alpha value is -6.13. The molecule has 0 fully saturated rings. The van der Waals surface area contributed by atoms with Crippen LogP contribution in [0.5, 0.6) is 0 Å². The van der Waals surface area contributed by atoms with Crippen molar-refractivity contribution in [1.29, 1.82) is 0 Å². The van der Waals surface area contributed by atoms with E-state index in [0.29, 0.717) is 0 Å². The number of fused-ring (bicyclic) bond motifs is 3. The normalized spacial score (nSPS) is 11.3. The predicted octanol–water partition coefficient (Wildman–Crippen LogP) is 9.57. The summed E-state index contributed by atoms with van der Waals surface area (Å²) in [4.78, 5) is 0. The van der Waals surface area contributed by atoms with Crippen LogP contribution in [0.3, 0.4) is 0 Å². The third kappa shape index (κ3) is 5.73. The van der Waals surface area contributed by atoms with Crippen LogP contribution in [-0.4, -0.2) is 0 Å². The Labute approximate surface area is 299 Å². The summed E-state index contributed by atoms with van der Waals surface area (Å²) in [5.41, 5.74) is 16.9. The number of furan rings is 1. The lowest BCUT2D eigenvalue weighted by molar-refractivity contribution is -0.666. The molecule has 4 nitrogen and oxygen atoms in total. The highest BCUT2D eigenvalue weighted by Crippen LogP contribution is 2.40. The fourth-order valence-electron chi connectivity index (χ4n) is 7.42. The molecule has 8 aromatic rings. The van der Waals surface area contributed by atoms with Gasteiger partial charge in [0.05, 0.1) is 16.7 Å². The fourth-order valence-corrected chi connectivity index (χ4v) is 7.42. The average molecular weight is 665 g/mol. The van der Waals surface area contributed by atoms with Crippen LogP contribution in [0.15, 0.2) is 144 Å². The Morgan fingerprint density at radius 3 is 1.73 bits per heavy atom. The minimum atomic E-state index is 0.872. The lowest BCUT2D eigenvalue weighted by Gasteiger charge is -2.17. The van der Waals surface area contributed by atoms with Gasteiger partial charge < -0.3 is 4.42 Å². The number of benzene rings is 4. The van der Waals surface area contributed by atoms with Gasteiger partial charge in [0.2, 0.25) is 17.1 Å². The predicted molar refractivity (Wildman–Crippen MR) is 208 cm³/mol. The van der Waals surface area contributed by atoms with E-state index in [4.69, 9.17) is 4.42 Å². The molecule has 0 amide bonds. The maximum Gasteiger partial charge on any atom is 0.213 e. The molecule has 0 saturated carbocycles. The van der Waals surface area contributed by atoms with Gasteiger partial charge in [-0.1, -0.05) is 54.6 Å². The van der Waals surface area contributed by atoms with Crippen LogP contribution in [0.2, 0.25) is 0 Å². The second-order valence-corrected chi connectivity index (χ2v) is 13.6. The van der Waals surface area contributed by atoms with Crippen molar-refractivity contribution in [3.8, 4) is 33.8 Å². The van der Waals surface area contributed by atoms with E-state index >= 15 is 0 Å². The molecule has 4 heterocycles. The van der Waals surface area contributed by atoms with Gasteiger partial charge in [-0.25, -0.2) is 4.57 Å². The first kappa shape index (κ1) is 32.1. The number of para-hydroxylation sites is 1. The smallest absolute Gasteiger partial charge is 0.213 e. The van der Waals surface area contributed by atoms with Gasteiger partial charge in [0.15, 0.2) is 17.6 Å². The molecule has 4 aromatic heterocycles. The van der Waals surface area contributed by atoms with Gasteiger partial charge >= 0.3 is 0 Å². The third-order valence-electron chi connectivity index (χ3n) is 10.4. The van der Waals surface area contributed by atoms with Crippen molar-refractivity contribution >= 4 is 33.6 Å². The van der Waals surface area contributed by atoms with Crippen LogP contribution in [0, 0.1) is 20.8 Å². The van der Waals surface area contributed by atoms with E-state index in [0.717, 1.165) is 66.8 Å². The number of aromatic nitrogens is 3. The number of hydrogen-bond donors (Lipinski definition) is 0. The summed E-state index contributed by atoms with van der Waals surface area (Å²) in [5.74, 6) is 0. The minimum Gasteiger partial charge on any atom is -0.456 e. The first-order chi connectivity index (χ1) is 24.8. The van der Waals surface area contributed by atoms with Crippen molar-refractivity contribution in [2.24, 2.45) is 21.1 Å². The molecule has 4 heteroatoms. The molecule has 0 bridgehead atoms. The second kappa shape index (κ2) is 13.0. The molecule has 0 saturated heterocycles. The molecule has 0 unspecified atom stereocenters. The van der Waals surface area contributed by atoms with E-state index in [2.05, 4.69) is 195 Å². The molecule has 4 aromatic carbocycles. The third-order valence-corrected chi connectivity index (χ3v) is 10.4. The molecule has 0 atom stereocenters. The number of pyridine rings is 3. The summed E-state index contributed by atoms with van der Waals surface area (Å²) in [7, 11) is 6.43. The second-order valence-electron chi connectivity index (χ2n) is 13.6. The van der Waals surface area contributed by atoms with Gasteiger partial charge in [-0.15, -0.1) is 0 Å². The van der Waals surface area contributed by atoms with E-state index in [-0.39, 0.29) is 0 Å². The lowest BCUT2D eigenvalue weighted by atomic mass is 9.86. The highest BCUT2D eigenvalue weighted by molar-refractivity contribution is 6.09. The molecule has 248 valence electrons. The van der Waals surface area contributed by atoms with Gasteiger partial charge in [-0.2, -0.15) is 9.13 Å². The van der Waals surface area contributed by atoms with Crippen molar-refractivity contribution in [1.82, 2.24) is 0 Å². The SMILES string of the molecule is Cc1ccc(-c2cc3c(cc2C=C(c2ccccc2-c2cccc(C)[n+]2C)c2ccccc2-c2cccc(C)[n+]2C)oc2ccccc23)[n+](C)c1. The van der Waals surface area contributed by atoms with Crippen LogP contribution in [0.4, 0.5) is 0 Å². The van der Waals surface area contributed by atoms with E-state index in [1.807, 2.05) is 6.07 Å². The highest BCUT2D eigenvalue weighted by Gasteiger charge is 2.25. The number of nitrogens with zero attached hydrogens (tertiary/aromatic N) is 3. The van der Waals surface area contributed by atoms with Crippen LogP contribution < -0.4 is 13.7 Å². The Bertz CT molecular complexity index is 2560. The highest BCUT2D eigenvalue weighted by atomic mass is 16.3. The molecule has 0 aliphatic heterocycles. The van der Waals surface area contributed by atoms with Crippen LogP contribution >= 0.6 is 0 Å². The number of rotatable bonds is 6. The summed E-state index contributed by atoms with van der Waals surface area (Å²) >= 11 is 0. The zero-order valence-electron chi connectivity index (χ0n) is 30.1. The van der Waals surface area contributed by atoms with Gasteiger partial charge in [0.25, 0.3) is 0 Å². The topological polar surface area (TPSA) is 24.8 Å². The summed E-state index contributed by atoms with van der Waals surface area (Å²) in [6.45, 7) is 6.46. The molecule has 0 aliphatic rings. The molecule has 51 heavy (non-hydrogen) atoms. The van der Waals surface area contributed by atoms with Crippen LogP contribution in [-0.2, 0) is 21.1 Å². The van der Waals surface area contributed by atoms with Crippen molar-refractivity contribution in [3.63, 3.8) is 0 Å². The summed E-state index contributed by atoms with van der Waals surface area (Å²) < 4.78 is 13.3. The van der Waals surface area contributed by atoms with Gasteiger partial charge in [0, 0.05) is 60.5 Å². The lowest BCUT2D eigenvalue weighted by Crippen LogP contribution is -2.34. The average Bonchev–Trinajstić information content (AvgIpc) is 3.50. The van der Waals surface area contributed by atoms with Crippen LogP contribution in [0.25, 0.3) is 67.4 Å². The van der Waals surface area contributed by atoms with Crippen molar-refractivity contribution in [2.75, 3.05) is 0 Å². The Morgan fingerprint density at radius 2 is 1.10 bits per heavy atom. The van der Waals surface area contributed by atoms with Crippen molar-refractivity contribution < 1.29 is 18.1 Å². The van der Waals surface area contributed by atoms with Crippen LogP contribution in [0.1, 0.15) is 33.6 Å². The molecular formula is C47H42N3O+3. The summed E-state index contributed by atoms with van der Waals surface area (Å²) in [5, 5.41) is 2.23. The number of aryl methyl sites for hydroxylation is 4. The van der Waals surface area contributed by atoms with E-state index in [9.17, 15) is 0 Å². The molecule has 0 aliphatic carbocycles. The quantitative estimate of drug-likeness (QED) is 0.128. The Balaban J connectivity index is 1.49. The summed E-state index contributed by atoms with van der Waals surface area (Å²) in [6.07, 6.45) is 4.58. The van der Waals surface area contributed by atoms with Gasteiger partial charge in [0.1, 0.15) is 32.3 Å². The number of hydrogen-bond acceptors (Lipinski definition) is 1. The zero-order valence-corrected chi connectivity index (χ0v) is 30.1. The van der Waals surface area contributed by atoms with Crippen molar-refractivity contribution in [3.05, 3.63) is 173 Å². The van der Waals surface area contributed by atoms with E-state index in [1.54, 1.807) is 0 Å². The van der Waals surface area contributed by atoms with Crippen molar-refractivity contribution in [2.45, 2.75) is 20.8 Å². The Kier molecular flexibility index (Phi) is 8.16. The molecule has 0 spiro atoms. The first-order valence-corrected chi connectivity index (χ1v) is 17.5. The molecule has 0 N–H and O–H groups in total. The zero-order chi connectivity index (χ0) is 35.2. The largest absolute Gasteiger partial charge is 0.456 e. The van der Waals surface area contributed by atoms with Gasteiger partial charge in [-0.05, 0) is 83.8 Å². The monoisotopic (exact) mass is 664 g/mol. The molecular weight excluding hydrogens is 623 g/mol. The molecule has 8 rings (SSSR count). The maximum atomic E-state index is 6.53. The van der Waals surface area contributed by atoms with Gasteiger partial charge in [-0.3, -0.25) is 0 Å².